The topological polar surface area (TPSA) is 59.0 Å². The van der Waals surface area contributed by atoms with E-state index in [2.05, 4.69) is 14.6 Å². The molecule has 0 radical (unpaired) electrons. The summed E-state index contributed by atoms with van der Waals surface area (Å²) < 4.78 is 17.5. The lowest BCUT2D eigenvalue weighted by molar-refractivity contribution is 0.0756. The Labute approximate surface area is 143 Å². The molecule has 3 aromatic rings. The lowest BCUT2D eigenvalue weighted by atomic mass is 10.0. The first-order valence-corrected chi connectivity index (χ1v) is 8.08. The van der Waals surface area contributed by atoms with Crippen molar-refractivity contribution in [3.63, 3.8) is 0 Å². The highest BCUT2D eigenvalue weighted by atomic mass is 32.1. The first-order valence-electron chi connectivity index (χ1n) is 7.30. The second-order valence-corrected chi connectivity index (χ2v) is 6.07. The number of carbonyl (C=O) groups excluding carboxylic acids is 1. The average molecular weight is 342 g/mol. The highest BCUT2D eigenvalue weighted by molar-refractivity contribution is 7.07. The van der Waals surface area contributed by atoms with Crippen LogP contribution in [0.5, 0.6) is 0 Å². The number of benzene rings is 1. The van der Waals surface area contributed by atoms with Gasteiger partial charge in [0, 0.05) is 13.2 Å². The van der Waals surface area contributed by atoms with Crippen LogP contribution in [0.1, 0.15) is 32.7 Å². The Morgan fingerprint density at radius 3 is 2.71 bits per heavy atom. The number of pyridine rings is 1. The van der Waals surface area contributed by atoms with E-state index < -0.39 is 6.04 Å². The van der Waals surface area contributed by atoms with E-state index in [0.29, 0.717) is 21.8 Å². The molecule has 5 nitrogen and oxygen atoms in total. The van der Waals surface area contributed by atoms with Crippen molar-refractivity contribution in [2.45, 2.75) is 13.0 Å². The summed E-state index contributed by atoms with van der Waals surface area (Å²) in [5.41, 5.74) is 1.89. The SMILES string of the molecule is Cc1nnsc1C(=O)N(C)C(c1cccc(F)c1)c1ccccn1. The Hall–Kier alpha value is -2.67. The number of aryl methyl sites for hydroxylation is 1. The van der Waals surface area contributed by atoms with Gasteiger partial charge in [-0.3, -0.25) is 9.78 Å². The van der Waals surface area contributed by atoms with Crippen molar-refractivity contribution in [2.24, 2.45) is 0 Å². The van der Waals surface area contributed by atoms with Crippen LogP contribution in [0, 0.1) is 12.7 Å². The minimum absolute atomic E-state index is 0.220. The lowest BCUT2D eigenvalue weighted by Gasteiger charge is -2.28. The van der Waals surface area contributed by atoms with E-state index in [1.807, 2.05) is 12.1 Å². The number of rotatable bonds is 4. The predicted molar refractivity (Wildman–Crippen MR) is 89.2 cm³/mol. The zero-order valence-corrected chi connectivity index (χ0v) is 14.0. The van der Waals surface area contributed by atoms with Crippen LogP contribution in [-0.2, 0) is 0 Å². The Bertz CT molecular complexity index is 853. The molecular weight excluding hydrogens is 327 g/mol. The summed E-state index contributed by atoms with van der Waals surface area (Å²) in [6, 6.07) is 11.1. The molecule has 0 aliphatic carbocycles. The molecule has 0 aliphatic rings. The third-order valence-corrected chi connectivity index (χ3v) is 4.50. The van der Waals surface area contributed by atoms with Gasteiger partial charge in [0.05, 0.1) is 17.4 Å². The number of carbonyl (C=O) groups is 1. The van der Waals surface area contributed by atoms with Crippen molar-refractivity contribution in [1.82, 2.24) is 19.5 Å². The molecule has 0 aliphatic heterocycles. The second-order valence-electron chi connectivity index (χ2n) is 5.32. The third-order valence-electron chi connectivity index (χ3n) is 3.69. The van der Waals surface area contributed by atoms with Crippen LogP contribution < -0.4 is 0 Å². The number of hydrogen-bond acceptors (Lipinski definition) is 5. The van der Waals surface area contributed by atoms with Gasteiger partial charge in [0.15, 0.2) is 0 Å². The smallest absolute Gasteiger partial charge is 0.268 e. The molecule has 24 heavy (non-hydrogen) atoms. The Kier molecular flexibility index (Phi) is 4.61. The Morgan fingerprint density at radius 2 is 2.08 bits per heavy atom. The van der Waals surface area contributed by atoms with Crippen molar-refractivity contribution in [3.05, 3.63) is 76.3 Å². The van der Waals surface area contributed by atoms with Gasteiger partial charge in [-0.2, -0.15) is 0 Å². The first-order chi connectivity index (χ1) is 11.6. The normalized spacial score (nSPS) is 12.0. The summed E-state index contributed by atoms with van der Waals surface area (Å²) in [4.78, 5) is 19.2. The van der Waals surface area contributed by atoms with Crippen LogP contribution in [0.4, 0.5) is 4.39 Å². The second kappa shape index (κ2) is 6.84. The van der Waals surface area contributed by atoms with Crippen molar-refractivity contribution in [1.29, 1.82) is 0 Å². The molecule has 1 amide bonds. The minimum Gasteiger partial charge on any atom is -0.328 e. The summed E-state index contributed by atoms with van der Waals surface area (Å²) in [5.74, 6) is -0.577. The molecule has 0 bridgehead atoms. The average Bonchev–Trinajstić information content (AvgIpc) is 3.01. The van der Waals surface area contributed by atoms with E-state index in [0.717, 1.165) is 11.5 Å². The summed E-state index contributed by atoms with van der Waals surface area (Å²) in [6.07, 6.45) is 1.65. The maximum atomic E-state index is 13.7. The first kappa shape index (κ1) is 16.2. The molecule has 1 atom stereocenters. The molecular formula is C17H15FN4OS. The highest BCUT2D eigenvalue weighted by Gasteiger charge is 2.28. The maximum Gasteiger partial charge on any atom is 0.268 e. The van der Waals surface area contributed by atoms with Crippen LogP contribution in [0.25, 0.3) is 0 Å². The van der Waals surface area contributed by atoms with Crippen LogP contribution in [0.15, 0.2) is 48.7 Å². The zero-order chi connectivity index (χ0) is 17.1. The van der Waals surface area contributed by atoms with Crippen molar-refractivity contribution < 1.29 is 9.18 Å². The monoisotopic (exact) mass is 342 g/mol. The molecule has 0 saturated heterocycles. The van der Waals surface area contributed by atoms with E-state index in [4.69, 9.17) is 0 Å². The van der Waals surface area contributed by atoms with Gasteiger partial charge in [-0.1, -0.05) is 22.7 Å². The van der Waals surface area contributed by atoms with Gasteiger partial charge >= 0.3 is 0 Å². The predicted octanol–water partition coefficient (Wildman–Crippen LogP) is 3.24. The van der Waals surface area contributed by atoms with Gasteiger partial charge in [-0.25, -0.2) is 4.39 Å². The quantitative estimate of drug-likeness (QED) is 0.730. The van der Waals surface area contributed by atoms with E-state index in [-0.39, 0.29) is 11.7 Å². The minimum atomic E-state index is -0.504. The van der Waals surface area contributed by atoms with Crippen molar-refractivity contribution >= 4 is 17.4 Å². The molecule has 0 fully saturated rings. The third kappa shape index (κ3) is 3.16. The summed E-state index contributed by atoms with van der Waals surface area (Å²) in [6.45, 7) is 1.74. The van der Waals surface area contributed by atoms with Crippen LogP contribution in [0.2, 0.25) is 0 Å². The standard InChI is InChI=1S/C17H15FN4OS/c1-11-16(24-21-20-11)17(23)22(2)15(14-8-3-4-9-19-14)12-6-5-7-13(18)10-12/h3-10,15H,1-2H3. The van der Waals surface area contributed by atoms with E-state index >= 15 is 0 Å². The van der Waals surface area contributed by atoms with Gasteiger partial charge in [0.1, 0.15) is 10.7 Å². The molecule has 0 N–H and O–H groups in total. The molecule has 1 aromatic carbocycles. The van der Waals surface area contributed by atoms with Crippen molar-refractivity contribution in [3.8, 4) is 0 Å². The Morgan fingerprint density at radius 1 is 1.25 bits per heavy atom. The number of amides is 1. The van der Waals surface area contributed by atoms with Crippen molar-refractivity contribution in [2.75, 3.05) is 7.05 Å². The molecule has 2 aromatic heterocycles. The lowest BCUT2D eigenvalue weighted by Crippen LogP contribution is -2.32. The summed E-state index contributed by atoms with van der Waals surface area (Å²) >= 11 is 1.05. The molecule has 1 unspecified atom stereocenters. The Balaban J connectivity index is 2.05. The summed E-state index contributed by atoms with van der Waals surface area (Å²) in [7, 11) is 1.67. The zero-order valence-electron chi connectivity index (χ0n) is 13.2. The number of aromatic nitrogens is 3. The van der Waals surface area contributed by atoms with Crippen LogP contribution in [0.3, 0.4) is 0 Å². The number of hydrogen-bond donors (Lipinski definition) is 0. The molecule has 3 rings (SSSR count). The van der Waals surface area contributed by atoms with Gasteiger partial charge in [-0.15, -0.1) is 5.10 Å². The van der Waals surface area contributed by atoms with E-state index in [1.54, 1.807) is 43.3 Å². The fourth-order valence-corrected chi connectivity index (χ4v) is 3.15. The van der Waals surface area contributed by atoms with Crippen LogP contribution in [-0.4, -0.2) is 32.4 Å². The van der Waals surface area contributed by atoms with Crippen LogP contribution >= 0.6 is 11.5 Å². The van der Waals surface area contributed by atoms with Gasteiger partial charge in [-0.05, 0) is 48.3 Å². The molecule has 0 saturated carbocycles. The van der Waals surface area contributed by atoms with E-state index in [1.165, 1.54) is 12.1 Å². The van der Waals surface area contributed by atoms with E-state index in [9.17, 15) is 9.18 Å². The molecule has 7 heteroatoms. The van der Waals surface area contributed by atoms with Gasteiger partial charge in [0.2, 0.25) is 0 Å². The maximum absolute atomic E-state index is 13.7. The number of halogens is 1. The summed E-state index contributed by atoms with van der Waals surface area (Å²) in [5, 5.41) is 3.88. The molecule has 0 spiro atoms. The molecule has 2 heterocycles. The number of nitrogens with zero attached hydrogens (tertiary/aromatic N) is 4. The van der Waals surface area contributed by atoms with Gasteiger partial charge < -0.3 is 4.90 Å². The fraction of sp³-hybridized carbons (Fsp3) is 0.176. The fourth-order valence-electron chi connectivity index (χ4n) is 2.51. The van der Waals surface area contributed by atoms with Gasteiger partial charge in [0.25, 0.3) is 5.91 Å². The highest BCUT2D eigenvalue weighted by Crippen LogP contribution is 2.28. The largest absolute Gasteiger partial charge is 0.328 e. The molecule has 122 valence electrons.